The quantitative estimate of drug-likeness (QED) is 0.459. The number of hydrogen-bond acceptors (Lipinski definition) is 0. The first-order valence-electron chi connectivity index (χ1n) is 3.26. The number of pyridine rings is 1. The first-order valence-corrected chi connectivity index (χ1v) is 5.28. The van der Waals surface area contributed by atoms with Crippen molar-refractivity contribution in [3.05, 3.63) is 28.7 Å². The van der Waals surface area contributed by atoms with Crippen LogP contribution in [0.4, 0.5) is 0 Å². The molecule has 1 N–H and O–H groups in total. The number of aromatic nitrogens is 1. The van der Waals surface area contributed by atoms with E-state index in [1.807, 2.05) is 0 Å². The summed E-state index contributed by atoms with van der Waals surface area (Å²) < 4.78 is 2.45. The predicted octanol–water partition coefficient (Wildman–Crippen LogP) is -6.93. The molecule has 74 valence electrons. The van der Waals surface area contributed by atoms with Crippen molar-refractivity contribution >= 4 is 19.3 Å². The first kappa shape index (κ1) is 17.4. The van der Waals surface area contributed by atoms with E-state index in [0.29, 0.717) is 0 Å². The van der Waals surface area contributed by atoms with Crippen molar-refractivity contribution in [1.29, 1.82) is 0 Å². The van der Waals surface area contributed by atoms with Crippen molar-refractivity contribution in [3.8, 4) is 11.3 Å². The summed E-state index contributed by atoms with van der Waals surface area (Å²) in [5.41, 5.74) is 2.47. The average Bonchev–Trinajstić information content (AvgIpc) is 2.34. The zero-order valence-electron chi connectivity index (χ0n) is 6.82. The summed E-state index contributed by atoms with van der Waals surface area (Å²) in [7, 11) is 0. The second kappa shape index (κ2) is 7.30. The van der Waals surface area contributed by atoms with Gasteiger partial charge in [-0.25, -0.2) is 0 Å². The minimum absolute atomic E-state index is 0. The average molecular weight is 393 g/mol. The molecule has 1 nitrogen and oxygen atoms in total. The van der Waals surface area contributed by atoms with E-state index in [2.05, 4.69) is 45.2 Å². The molecular formula is C8H5BrCl3NZr. The van der Waals surface area contributed by atoms with Gasteiger partial charge < -0.3 is 37.2 Å². The number of hydrogen-bond donors (Lipinski definition) is 1. The van der Waals surface area contributed by atoms with Crippen molar-refractivity contribution < 1.29 is 61.9 Å². The molecule has 0 saturated heterocycles. The van der Waals surface area contributed by atoms with E-state index in [0.717, 1.165) is 0 Å². The molecule has 1 heterocycles. The standard InChI is InChI=1S/C8H5BrN.3ClH.Zr/c9-7-4-5-10-8-3-1-2-6(7)8;;;;/h1-4,10H;3*1H;/q;;;;+3/p-3. The van der Waals surface area contributed by atoms with E-state index in [-0.39, 0.29) is 37.2 Å². The maximum atomic E-state index is 3.52. The van der Waals surface area contributed by atoms with Gasteiger partial charge in [0.25, 0.3) is 0 Å². The predicted molar refractivity (Wildman–Crippen MR) is 44.7 cm³/mol. The fourth-order valence-corrected chi connectivity index (χ4v) is 2.90. The molecule has 0 amide bonds. The van der Waals surface area contributed by atoms with Gasteiger partial charge in [-0.1, -0.05) is 0 Å². The maximum Gasteiger partial charge on any atom is -1.00 e. The van der Waals surface area contributed by atoms with E-state index in [1.54, 1.807) is 0 Å². The van der Waals surface area contributed by atoms with E-state index >= 15 is 0 Å². The molecule has 0 spiro atoms. The Morgan fingerprint density at radius 2 is 1.79 bits per heavy atom. The van der Waals surface area contributed by atoms with Crippen LogP contribution in [0.3, 0.4) is 0 Å². The summed E-state index contributed by atoms with van der Waals surface area (Å²) in [5.74, 6) is 0. The minimum atomic E-state index is 0. The Morgan fingerprint density at radius 3 is 2.43 bits per heavy atom. The van der Waals surface area contributed by atoms with Crippen LogP contribution in [0, 0.1) is 0 Å². The summed E-state index contributed by atoms with van der Waals surface area (Å²) in [6, 6.07) is 8.38. The summed E-state index contributed by atoms with van der Waals surface area (Å²) >= 11 is 4.94. The number of nitrogens with one attached hydrogen (secondary N) is 1. The van der Waals surface area contributed by atoms with E-state index in [4.69, 9.17) is 0 Å². The molecule has 0 bridgehead atoms. The molecular weight excluding hydrogens is 388 g/mol. The Bertz CT molecular complexity index is 366. The third-order valence-electron chi connectivity index (χ3n) is 1.61. The molecule has 0 aromatic heterocycles. The Hall–Kier alpha value is 0.993. The Balaban J connectivity index is 0. The number of H-pyrrole nitrogens is 1. The third-order valence-corrected chi connectivity index (χ3v) is 2.93. The van der Waals surface area contributed by atoms with Crippen molar-refractivity contribution in [2.75, 3.05) is 0 Å². The second-order valence-corrected chi connectivity index (χ2v) is 4.56. The van der Waals surface area contributed by atoms with Gasteiger partial charge in [0.1, 0.15) is 0 Å². The molecule has 1 aliphatic heterocycles. The monoisotopic (exact) mass is 389 g/mol. The molecule has 14 heavy (non-hydrogen) atoms. The van der Waals surface area contributed by atoms with Crippen LogP contribution in [0.5, 0.6) is 0 Å². The van der Waals surface area contributed by atoms with Gasteiger partial charge in [0.15, 0.2) is 0 Å². The van der Waals surface area contributed by atoms with Gasteiger partial charge in [0.05, 0.1) is 0 Å². The summed E-state index contributed by atoms with van der Waals surface area (Å²) in [6.45, 7) is 0. The zero-order chi connectivity index (χ0) is 7.84. The van der Waals surface area contributed by atoms with Gasteiger partial charge in [-0.2, -0.15) is 0 Å². The summed E-state index contributed by atoms with van der Waals surface area (Å²) in [6.07, 6.45) is 0. The number of halogens is 4. The van der Waals surface area contributed by atoms with Crippen LogP contribution in [0.25, 0.3) is 11.3 Å². The first-order chi connectivity index (χ1) is 5.27. The maximum absolute atomic E-state index is 3.52. The Kier molecular flexibility index (Phi) is 9.06. The molecule has 0 saturated carbocycles. The molecule has 1 aliphatic carbocycles. The van der Waals surface area contributed by atoms with Gasteiger partial charge in [0, 0.05) is 0 Å². The molecule has 0 radical (unpaired) electrons. The van der Waals surface area contributed by atoms with E-state index in [9.17, 15) is 0 Å². The molecule has 0 fully saturated rings. The third kappa shape index (κ3) is 3.53. The fraction of sp³-hybridized carbons (Fsp3) is 0. The molecule has 0 atom stereocenters. The normalized spacial score (nSPS) is 8.50. The van der Waals surface area contributed by atoms with Crippen LogP contribution in [-0.2, 0) is 24.7 Å². The SMILES string of the molecule is Brc1c[c]([Zr+3])[nH]c2cccc1-2.[Cl-].[Cl-].[Cl-]. The van der Waals surface area contributed by atoms with Gasteiger partial charge in [-0.05, 0) is 0 Å². The summed E-state index contributed by atoms with van der Waals surface area (Å²) in [4.78, 5) is 3.32. The largest absolute Gasteiger partial charge is 1.00 e. The van der Waals surface area contributed by atoms with Crippen molar-refractivity contribution in [2.24, 2.45) is 0 Å². The van der Waals surface area contributed by atoms with Crippen molar-refractivity contribution in [3.63, 3.8) is 0 Å². The minimum Gasteiger partial charge on any atom is -1.00 e. The molecule has 0 aromatic carbocycles. The van der Waals surface area contributed by atoms with Gasteiger partial charge >= 0.3 is 89.0 Å². The van der Waals surface area contributed by atoms with Crippen LogP contribution < -0.4 is 40.6 Å². The van der Waals surface area contributed by atoms with Crippen LogP contribution in [0.15, 0.2) is 28.7 Å². The molecule has 2 aliphatic rings. The van der Waals surface area contributed by atoms with E-state index in [1.165, 1.54) is 43.9 Å². The molecule has 0 aromatic rings. The molecule has 0 unspecified atom stereocenters. The van der Waals surface area contributed by atoms with Gasteiger partial charge in [-0.15, -0.1) is 0 Å². The summed E-state index contributed by atoms with van der Waals surface area (Å²) in [5, 5.41) is 0. The van der Waals surface area contributed by atoms with Gasteiger partial charge in [0.2, 0.25) is 0 Å². The topological polar surface area (TPSA) is 15.8 Å². The van der Waals surface area contributed by atoms with E-state index < -0.39 is 0 Å². The Morgan fingerprint density at radius 1 is 1.14 bits per heavy atom. The zero-order valence-corrected chi connectivity index (χ0v) is 13.1. The van der Waals surface area contributed by atoms with Crippen molar-refractivity contribution in [2.45, 2.75) is 0 Å². The number of rotatable bonds is 0. The fourth-order valence-electron chi connectivity index (χ4n) is 1.12. The van der Waals surface area contributed by atoms with Crippen LogP contribution in [0.1, 0.15) is 0 Å². The van der Waals surface area contributed by atoms with Gasteiger partial charge in [-0.3, -0.25) is 0 Å². The Labute approximate surface area is 125 Å². The van der Waals surface area contributed by atoms with Crippen molar-refractivity contribution in [1.82, 2.24) is 4.98 Å². The second-order valence-electron chi connectivity index (χ2n) is 2.38. The molecule has 6 heteroatoms. The number of aromatic amines is 1. The van der Waals surface area contributed by atoms with Crippen LogP contribution >= 0.6 is 15.9 Å². The van der Waals surface area contributed by atoms with Crippen LogP contribution in [-0.4, -0.2) is 4.98 Å². The number of fused-ring (bicyclic) bond motifs is 1. The smallest absolute Gasteiger partial charge is 1.00 e. The van der Waals surface area contributed by atoms with Crippen LogP contribution in [0.2, 0.25) is 0 Å². The molecule has 2 rings (SSSR count).